The minimum atomic E-state index is -6.49. The molecule has 2 aromatic carbocycles. The standard InChI is InChI=1S/C18H13ClF8N2O2/c1-30-14-7-11(8-28-29-18(26,27)16(21,22)17(23,24)25)6-13(19)15(14)31-9-10-2-4-12(20)5-3-10/h2-8,29H,9H2,1H3/b28-8+. The predicted octanol–water partition coefficient (Wildman–Crippen LogP) is 5.78. The van der Waals surface area contributed by atoms with Crippen LogP contribution >= 0.6 is 11.6 Å². The summed E-state index contributed by atoms with van der Waals surface area (Å²) >= 11 is 6.04. The van der Waals surface area contributed by atoms with Crippen LogP contribution in [0.25, 0.3) is 0 Å². The first kappa shape index (κ1) is 24.5. The van der Waals surface area contributed by atoms with Crippen molar-refractivity contribution in [2.24, 2.45) is 5.10 Å². The predicted molar refractivity (Wildman–Crippen MR) is 95.4 cm³/mol. The van der Waals surface area contributed by atoms with Gasteiger partial charge in [0.05, 0.1) is 18.3 Å². The largest absolute Gasteiger partial charge is 0.493 e. The lowest BCUT2D eigenvalue weighted by Crippen LogP contribution is -2.58. The molecule has 31 heavy (non-hydrogen) atoms. The summed E-state index contributed by atoms with van der Waals surface area (Å²) in [6, 6.07) is 1.92. The van der Waals surface area contributed by atoms with Crippen LogP contribution in [0.5, 0.6) is 11.5 Å². The summed E-state index contributed by atoms with van der Waals surface area (Å²) in [5.41, 5.74) is 1.01. The van der Waals surface area contributed by atoms with E-state index in [9.17, 15) is 35.1 Å². The Hall–Kier alpha value is -2.76. The number of rotatable bonds is 8. The van der Waals surface area contributed by atoms with Crippen molar-refractivity contribution in [3.63, 3.8) is 0 Å². The second kappa shape index (κ2) is 9.16. The van der Waals surface area contributed by atoms with Crippen LogP contribution in [0.4, 0.5) is 35.1 Å². The summed E-state index contributed by atoms with van der Waals surface area (Å²) < 4.78 is 112. The molecule has 0 amide bonds. The molecule has 0 atom stereocenters. The van der Waals surface area contributed by atoms with E-state index in [0.29, 0.717) is 17.2 Å². The lowest BCUT2D eigenvalue weighted by molar-refractivity contribution is -0.361. The Morgan fingerprint density at radius 3 is 2.19 bits per heavy atom. The fourth-order valence-corrected chi connectivity index (χ4v) is 2.40. The van der Waals surface area contributed by atoms with Gasteiger partial charge in [0.15, 0.2) is 11.5 Å². The van der Waals surface area contributed by atoms with E-state index >= 15 is 0 Å². The van der Waals surface area contributed by atoms with E-state index in [1.54, 1.807) is 0 Å². The first-order chi connectivity index (χ1) is 14.3. The van der Waals surface area contributed by atoms with E-state index in [1.165, 1.54) is 31.4 Å². The third-order valence-corrected chi connectivity index (χ3v) is 4.00. The van der Waals surface area contributed by atoms with Gasteiger partial charge in [-0.15, -0.1) is 0 Å². The molecule has 0 saturated carbocycles. The van der Waals surface area contributed by atoms with E-state index in [2.05, 4.69) is 5.10 Å². The van der Waals surface area contributed by atoms with Crippen LogP contribution in [0, 0.1) is 5.82 Å². The van der Waals surface area contributed by atoms with Gasteiger partial charge in [0.2, 0.25) is 0 Å². The van der Waals surface area contributed by atoms with Gasteiger partial charge in [-0.05, 0) is 35.4 Å². The molecule has 0 fully saturated rings. The smallest absolute Gasteiger partial charge is 0.462 e. The average Bonchev–Trinajstić information content (AvgIpc) is 2.67. The maximum absolute atomic E-state index is 13.2. The van der Waals surface area contributed by atoms with Crippen LogP contribution in [0.2, 0.25) is 5.02 Å². The van der Waals surface area contributed by atoms with Crippen LogP contribution < -0.4 is 14.9 Å². The molecule has 0 heterocycles. The molecule has 0 spiro atoms. The van der Waals surface area contributed by atoms with Gasteiger partial charge in [-0.2, -0.15) is 35.8 Å². The Bertz CT molecular complexity index is 933. The lowest BCUT2D eigenvalue weighted by Gasteiger charge is -2.27. The Morgan fingerprint density at radius 2 is 1.65 bits per heavy atom. The molecule has 13 heteroatoms. The van der Waals surface area contributed by atoms with E-state index in [-0.39, 0.29) is 28.7 Å². The molecule has 170 valence electrons. The zero-order valence-corrected chi connectivity index (χ0v) is 16.2. The van der Waals surface area contributed by atoms with E-state index in [0.717, 1.165) is 12.1 Å². The minimum absolute atomic E-state index is 0.0107. The van der Waals surface area contributed by atoms with Gasteiger partial charge in [-0.25, -0.2) is 9.82 Å². The van der Waals surface area contributed by atoms with Crippen LogP contribution in [0.3, 0.4) is 0 Å². The molecule has 2 aromatic rings. The van der Waals surface area contributed by atoms with Gasteiger partial charge in [-0.1, -0.05) is 23.7 Å². The summed E-state index contributed by atoms with van der Waals surface area (Å²) in [7, 11) is 1.22. The fraction of sp³-hybridized carbons (Fsp3) is 0.278. The highest BCUT2D eigenvalue weighted by Gasteiger charge is 2.73. The number of hydrogen-bond donors (Lipinski definition) is 1. The first-order valence-electron chi connectivity index (χ1n) is 8.16. The number of hydrazone groups is 1. The summed E-state index contributed by atoms with van der Waals surface area (Å²) in [5.74, 6) is -6.80. The number of halogens is 9. The molecular weight excluding hydrogens is 464 g/mol. The van der Waals surface area contributed by atoms with Gasteiger partial charge in [0.1, 0.15) is 12.4 Å². The zero-order chi connectivity index (χ0) is 23.4. The van der Waals surface area contributed by atoms with Crippen molar-refractivity contribution in [1.82, 2.24) is 5.43 Å². The summed E-state index contributed by atoms with van der Waals surface area (Å²) in [5, 5.41) is 2.64. The Labute approximate surface area is 175 Å². The molecule has 0 aliphatic heterocycles. The number of nitrogens with one attached hydrogen (secondary N) is 1. The molecule has 0 aliphatic rings. The van der Waals surface area contributed by atoms with Gasteiger partial charge in [0, 0.05) is 0 Å². The Kier molecular flexibility index (Phi) is 7.25. The van der Waals surface area contributed by atoms with Crippen LogP contribution in [-0.4, -0.2) is 31.5 Å². The van der Waals surface area contributed by atoms with Crippen molar-refractivity contribution < 1.29 is 44.6 Å². The van der Waals surface area contributed by atoms with Crippen LogP contribution in [-0.2, 0) is 6.61 Å². The van der Waals surface area contributed by atoms with Gasteiger partial charge in [-0.3, -0.25) is 0 Å². The highest BCUT2D eigenvalue weighted by Crippen LogP contribution is 2.45. The van der Waals surface area contributed by atoms with Crippen molar-refractivity contribution in [2.45, 2.75) is 24.8 Å². The first-order valence-corrected chi connectivity index (χ1v) is 8.53. The lowest BCUT2D eigenvalue weighted by atomic mass is 10.2. The highest BCUT2D eigenvalue weighted by molar-refractivity contribution is 6.32. The molecule has 0 radical (unpaired) electrons. The van der Waals surface area contributed by atoms with E-state index in [1.807, 2.05) is 0 Å². The zero-order valence-electron chi connectivity index (χ0n) is 15.4. The molecule has 2 rings (SSSR count). The number of ether oxygens (including phenoxy) is 2. The topological polar surface area (TPSA) is 42.8 Å². The number of hydrogen-bond acceptors (Lipinski definition) is 4. The number of nitrogens with zero attached hydrogens (tertiary/aromatic N) is 1. The molecule has 0 bridgehead atoms. The normalized spacial score (nSPS) is 12.8. The third-order valence-electron chi connectivity index (χ3n) is 3.72. The molecule has 4 nitrogen and oxygen atoms in total. The summed E-state index contributed by atoms with van der Waals surface area (Å²) in [6.07, 6.45) is -5.95. The molecular formula is C18H13ClF8N2O2. The van der Waals surface area contributed by atoms with Crippen LogP contribution in [0.15, 0.2) is 41.5 Å². The number of benzene rings is 2. The molecule has 0 aromatic heterocycles. The van der Waals surface area contributed by atoms with Crippen molar-refractivity contribution in [2.75, 3.05) is 7.11 Å². The Balaban J connectivity index is 2.16. The number of alkyl halides is 7. The quantitative estimate of drug-likeness (QED) is 0.227. The van der Waals surface area contributed by atoms with Crippen molar-refractivity contribution >= 4 is 17.8 Å². The fourth-order valence-electron chi connectivity index (χ4n) is 2.13. The summed E-state index contributed by atoms with van der Waals surface area (Å²) in [6.45, 7) is -0.0376. The Morgan fingerprint density at radius 1 is 1.03 bits per heavy atom. The third kappa shape index (κ3) is 5.69. The molecule has 1 N–H and O–H groups in total. The maximum atomic E-state index is 13.2. The van der Waals surface area contributed by atoms with E-state index in [4.69, 9.17) is 21.1 Å². The van der Waals surface area contributed by atoms with Gasteiger partial charge < -0.3 is 9.47 Å². The van der Waals surface area contributed by atoms with Crippen molar-refractivity contribution in [1.29, 1.82) is 0 Å². The maximum Gasteiger partial charge on any atom is 0.462 e. The van der Waals surface area contributed by atoms with Gasteiger partial charge in [0.25, 0.3) is 0 Å². The summed E-state index contributed by atoms with van der Waals surface area (Å²) in [4.78, 5) is 0. The van der Waals surface area contributed by atoms with Crippen molar-refractivity contribution in [3.05, 3.63) is 58.4 Å². The molecule has 0 saturated heterocycles. The van der Waals surface area contributed by atoms with E-state index < -0.39 is 24.0 Å². The van der Waals surface area contributed by atoms with Gasteiger partial charge >= 0.3 is 18.1 Å². The second-order valence-corrected chi connectivity index (χ2v) is 6.37. The SMILES string of the molecule is COc1cc(/C=N/NC(F)(F)C(F)(F)C(F)(F)F)cc(Cl)c1OCc1ccc(F)cc1. The molecule has 0 aliphatic carbocycles. The molecule has 0 unspecified atom stereocenters. The number of methoxy groups -OCH3 is 1. The highest BCUT2D eigenvalue weighted by atomic mass is 35.5. The minimum Gasteiger partial charge on any atom is -0.493 e. The van der Waals surface area contributed by atoms with Crippen LogP contribution in [0.1, 0.15) is 11.1 Å². The second-order valence-electron chi connectivity index (χ2n) is 5.97. The van der Waals surface area contributed by atoms with Crippen molar-refractivity contribution in [3.8, 4) is 11.5 Å². The monoisotopic (exact) mass is 476 g/mol. The average molecular weight is 477 g/mol.